The molecule has 2 fully saturated rings. The van der Waals surface area contributed by atoms with E-state index in [9.17, 15) is 65.4 Å². The van der Waals surface area contributed by atoms with Gasteiger partial charge in [0.25, 0.3) is 0 Å². The molecule has 18 atom stereocenters. The van der Waals surface area contributed by atoms with Crippen LogP contribution >= 0.6 is 0 Å². The number of aliphatic carboxylic acids is 1. The van der Waals surface area contributed by atoms with E-state index in [0.717, 1.165) is 0 Å². The van der Waals surface area contributed by atoms with E-state index in [0.29, 0.717) is 0 Å². The van der Waals surface area contributed by atoms with Crippen LogP contribution in [0.5, 0.6) is 0 Å². The zero-order chi connectivity index (χ0) is 48.4. The predicted molar refractivity (Wildman–Crippen MR) is 236 cm³/mol. The van der Waals surface area contributed by atoms with Crippen molar-refractivity contribution in [3.8, 4) is 0 Å². The maximum absolute atomic E-state index is 12.7. The molecule has 3 rings (SSSR count). The molecule has 18 nitrogen and oxygen atoms in total. The molecule has 0 radical (unpaired) electrons. The second-order valence-corrected chi connectivity index (χ2v) is 17.4. The summed E-state index contributed by atoms with van der Waals surface area (Å²) >= 11 is 0. The summed E-state index contributed by atoms with van der Waals surface area (Å²) in [5.74, 6) is -7.57. The number of ketones is 1. The van der Waals surface area contributed by atoms with Crippen LogP contribution in [0.2, 0.25) is 0 Å². The fourth-order valence-corrected chi connectivity index (χ4v) is 7.81. The van der Waals surface area contributed by atoms with Crippen LogP contribution in [-0.4, -0.2) is 160 Å². The summed E-state index contributed by atoms with van der Waals surface area (Å²) in [6.07, 6.45) is 3.75. The predicted octanol–water partition coefficient (Wildman–Crippen LogP) is 0.920. The van der Waals surface area contributed by atoms with Crippen molar-refractivity contribution in [2.45, 2.75) is 170 Å². The molecule has 0 aromatic carbocycles. The largest absolute Gasteiger partial charge is 0.481 e. The molecular weight excluding hydrogens is 851 g/mol. The van der Waals surface area contributed by atoms with Crippen LogP contribution in [0.25, 0.3) is 0 Å². The Bertz CT molecular complexity index is 1710. The van der Waals surface area contributed by atoms with Gasteiger partial charge in [0.05, 0.1) is 73.5 Å². The van der Waals surface area contributed by atoms with Gasteiger partial charge < -0.3 is 75.7 Å². The van der Waals surface area contributed by atoms with Crippen molar-refractivity contribution in [1.29, 1.82) is 0 Å². The molecule has 2 unspecified atom stereocenters. The number of aliphatic hydroxyl groups excluding tert-OH is 8. The summed E-state index contributed by atoms with van der Waals surface area (Å²) in [6.45, 7) is 6.69. The van der Waals surface area contributed by atoms with Crippen molar-refractivity contribution >= 4 is 17.7 Å². The highest BCUT2D eigenvalue weighted by Gasteiger charge is 2.51. The number of esters is 1. The number of rotatable bonds is 3. The lowest BCUT2D eigenvalue weighted by molar-refractivity contribution is -0.310. The molecule has 0 amide bonds. The van der Waals surface area contributed by atoms with Gasteiger partial charge in [-0.2, -0.15) is 0 Å². The Morgan fingerprint density at radius 1 is 0.677 bits per heavy atom. The second-order valence-electron chi connectivity index (χ2n) is 17.4. The summed E-state index contributed by atoms with van der Waals surface area (Å²) in [6, 6.07) is -1.15. The maximum Gasteiger partial charge on any atom is 0.311 e. The van der Waals surface area contributed by atoms with Crippen molar-refractivity contribution in [3.05, 3.63) is 85.1 Å². The van der Waals surface area contributed by atoms with Crippen molar-refractivity contribution in [2.75, 3.05) is 0 Å². The van der Waals surface area contributed by atoms with Crippen LogP contribution in [-0.2, 0) is 33.3 Å². The second kappa shape index (κ2) is 27.2. The summed E-state index contributed by atoms with van der Waals surface area (Å²) < 4.78 is 23.1. The summed E-state index contributed by atoms with van der Waals surface area (Å²) in [4.78, 5) is 37.7. The Hall–Kier alpha value is -3.73. The van der Waals surface area contributed by atoms with E-state index in [-0.39, 0.29) is 25.2 Å². The summed E-state index contributed by atoms with van der Waals surface area (Å²) in [5.41, 5.74) is 6.01. The van der Waals surface area contributed by atoms with Crippen LogP contribution in [0.4, 0.5) is 0 Å². The number of cyclic esters (lactones) is 1. The molecule has 2 saturated heterocycles. The molecule has 18 heteroatoms. The summed E-state index contributed by atoms with van der Waals surface area (Å²) in [5, 5.41) is 107. The van der Waals surface area contributed by atoms with Gasteiger partial charge in [0.15, 0.2) is 12.1 Å². The lowest BCUT2D eigenvalue weighted by atomic mass is 9.82. The number of allylic oxidation sites excluding steroid dienone is 12. The van der Waals surface area contributed by atoms with Gasteiger partial charge in [-0.15, -0.1) is 0 Å². The smallest absolute Gasteiger partial charge is 0.311 e. The number of Topliss-reactive ketones (excluding diaryl/α,β-unsaturated/α-hetero) is 1. The highest BCUT2D eigenvalue weighted by Crippen LogP contribution is 2.38. The standard InChI is InChI=1S/C47H71NO17/c1-27-17-15-13-11-9-7-5-6-8-10-12-14-16-18-34(64-46-44(58)41(48)43(57)30(4)63-46)24-38-40(45(59)60)37(54)26-47(61,65-38)25-36(53)35(52)20-19-31(49)21-32(50)22-33(51)23-39(55)62-29(3)28(2)42(27)56/h5-18,27-31,33-38,40-44,46,49,51-54,56-58,61H,19-26,48H2,1-4H3,(H,59,60)/t27-,28-,29-,30+,31?,33+,34-,35?,36+,37-,38-,40+,41-,42+,43+,44-,46-,47+/m0/s1. The minimum atomic E-state index is -2.37. The molecular formula is C47H71NO17. The van der Waals surface area contributed by atoms with E-state index >= 15 is 0 Å². The Morgan fingerprint density at radius 3 is 1.80 bits per heavy atom. The lowest BCUT2D eigenvalue weighted by Crippen LogP contribution is -2.61. The highest BCUT2D eigenvalue weighted by molar-refractivity contribution is 5.80. The molecule has 2 bridgehead atoms. The molecule has 12 N–H and O–H groups in total. The van der Waals surface area contributed by atoms with Crippen LogP contribution in [0.3, 0.4) is 0 Å². The van der Waals surface area contributed by atoms with Crippen molar-refractivity contribution < 1.29 is 84.4 Å². The number of hydrogen-bond acceptors (Lipinski definition) is 17. The molecule has 0 saturated carbocycles. The van der Waals surface area contributed by atoms with Crippen LogP contribution in [0.1, 0.15) is 79.1 Å². The van der Waals surface area contributed by atoms with Gasteiger partial charge in [0.2, 0.25) is 0 Å². The summed E-state index contributed by atoms with van der Waals surface area (Å²) in [7, 11) is 0. The Morgan fingerprint density at radius 2 is 1.22 bits per heavy atom. The molecule has 0 aromatic heterocycles. The van der Waals surface area contributed by atoms with E-state index in [1.54, 1.807) is 86.8 Å². The molecule has 0 aromatic rings. The zero-order valence-corrected chi connectivity index (χ0v) is 37.5. The van der Waals surface area contributed by atoms with Crippen LogP contribution in [0, 0.1) is 17.8 Å². The number of carbonyl (C=O) groups excluding carboxylic acids is 2. The first-order valence-corrected chi connectivity index (χ1v) is 22.2. The average molecular weight is 922 g/mol. The van der Waals surface area contributed by atoms with Crippen LogP contribution in [0.15, 0.2) is 85.1 Å². The molecule has 65 heavy (non-hydrogen) atoms. The third-order valence-corrected chi connectivity index (χ3v) is 11.9. The molecule has 3 heterocycles. The number of aliphatic hydroxyl groups is 9. The average Bonchev–Trinajstić information content (AvgIpc) is 3.21. The van der Waals surface area contributed by atoms with E-state index in [2.05, 4.69) is 0 Å². The van der Waals surface area contributed by atoms with Crippen molar-refractivity contribution in [3.63, 3.8) is 0 Å². The van der Waals surface area contributed by atoms with Gasteiger partial charge >= 0.3 is 11.9 Å². The van der Waals surface area contributed by atoms with Gasteiger partial charge in [-0.25, -0.2) is 0 Å². The van der Waals surface area contributed by atoms with Crippen molar-refractivity contribution in [2.24, 2.45) is 23.5 Å². The topological polar surface area (TPSA) is 316 Å². The van der Waals surface area contributed by atoms with E-state index < -0.39 is 153 Å². The first-order valence-electron chi connectivity index (χ1n) is 22.2. The van der Waals surface area contributed by atoms with E-state index in [4.69, 9.17) is 24.7 Å². The molecule has 3 aliphatic heterocycles. The minimum absolute atomic E-state index is 0.201. The number of nitrogens with two attached hydrogens (primary N) is 1. The van der Waals surface area contributed by atoms with Crippen molar-refractivity contribution in [1.82, 2.24) is 0 Å². The molecule has 0 spiro atoms. The third-order valence-electron chi connectivity index (χ3n) is 11.9. The number of fused-ring (bicyclic) bond motifs is 2. The van der Waals surface area contributed by atoms with E-state index in [1.807, 2.05) is 13.0 Å². The zero-order valence-electron chi connectivity index (χ0n) is 37.5. The number of carboxylic acid groups (broad SMARTS) is 1. The third kappa shape index (κ3) is 18.5. The van der Waals surface area contributed by atoms with Gasteiger partial charge in [-0.3, -0.25) is 14.4 Å². The monoisotopic (exact) mass is 921 g/mol. The van der Waals surface area contributed by atoms with Crippen LogP contribution < -0.4 is 5.73 Å². The Labute approximate surface area is 380 Å². The lowest BCUT2D eigenvalue weighted by Gasteiger charge is -2.45. The van der Waals surface area contributed by atoms with Gasteiger partial charge in [0.1, 0.15) is 23.9 Å². The fourth-order valence-electron chi connectivity index (χ4n) is 7.81. The molecule has 0 aliphatic carbocycles. The highest BCUT2D eigenvalue weighted by atomic mass is 16.7. The van der Waals surface area contributed by atoms with Gasteiger partial charge in [-0.05, 0) is 26.7 Å². The minimum Gasteiger partial charge on any atom is -0.481 e. The first-order chi connectivity index (χ1) is 30.6. The number of ether oxygens (including phenoxy) is 4. The number of hydrogen-bond donors (Lipinski definition) is 11. The quantitative estimate of drug-likeness (QED) is 0.175. The van der Waals surface area contributed by atoms with E-state index in [1.165, 1.54) is 13.0 Å². The first kappa shape index (κ1) is 55.6. The van der Waals surface area contributed by atoms with Gasteiger partial charge in [-0.1, -0.05) is 98.9 Å². The van der Waals surface area contributed by atoms with Gasteiger partial charge in [0, 0.05) is 43.9 Å². The Kier molecular flexibility index (Phi) is 23.2. The molecule has 3 aliphatic rings. The number of carbonyl (C=O) groups is 3. The maximum atomic E-state index is 12.7. The number of carboxylic acids is 1. The molecule has 366 valence electrons. The Balaban J connectivity index is 1.86. The fraction of sp³-hybridized carbons (Fsp3) is 0.638. The SMILES string of the molecule is C[C@@H]1[C@H](O)[C@@H](C)C=CC=CC=CC=CC=CC=CC=C[C@H](O[C@@H]2O[C@H](C)[C@@H](O)[C@H](N)[C@@H]2O)C[C@@H]2O[C@](O)(C[C@@H](O)C(O)CCC(O)CC(=O)C[C@@H](O)CC(=O)O[C@H]1C)C[C@H](O)[C@H]2C(=O)O. The normalized spacial score (nSPS) is 40.9.